The van der Waals surface area contributed by atoms with E-state index in [2.05, 4.69) is 47.0 Å². The number of rotatable bonds is 4. The summed E-state index contributed by atoms with van der Waals surface area (Å²) in [5, 5.41) is 6.26. The minimum absolute atomic E-state index is 0. The first-order valence-corrected chi connectivity index (χ1v) is 6.16. The van der Waals surface area contributed by atoms with Gasteiger partial charge in [0.2, 0.25) is 5.91 Å². The van der Waals surface area contributed by atoms with E-state index in [-0.39, 0.29) is 24.2 Å². The number of carbonyl (C=O) groups excluding carboxylic acids is 1. The Labute approximate surface area is 112 Å². The van der Waals surface area contributed by atoms with E-state index >= 15 is 0 Å². The van der Waals surface area contributed by atoms with Gasteiger partial charge in [-0.1, -0.05) is 36.4 Å². The maximum atomic E-state index is 11.9. The molecule has 0 aromatic heterocycles. The van der Waals surface area contributed by atoms with Crippen molar-refractivity contribution in [3.8, 4) is 0 Å². The fraction of sp³-hybridized carbons (Fsp3) is 0.727. The minimum Gasteiger partial charge on any atom is -0.351 e. The van der Waals surface area contributed by atoms with Gasteiger partial charge < -0.3 is 10.6 Å². The Balaban J connectivity index is 0.00000225. The molecule has 0 spiro atoms. The van der Waals surface area contributed by atoms with Gasteiger partial charge in [-0.25, -0.2) is 0 Å². The van der Waals surface area contributed by atoms with Crippen molar-refractivity contribution in [2.24, 2.45) is 11.8 Å². The van der Waals surface area contributed by atoms with E-state index in [4.69, 9.17) is 0 Å². The molecule has 5 heteroatoms. The predicted octanol–water partition coefficient (Wildman–Crippen LogP) is 2.07. The molecule has 1 heterocycles. The average Bonchev–Trinajstić information content (AvgIpc) is 2.62. The van der Waals surface area contributed by atoms with Gasteiger partial charge in [0.25, 0.3) is 0 Å². The van der Waals surface area contributed by atoms with Crippen LogP contribution in [0.25, 0.3) is 0 Å². The Morgan fingerprint density at radius 2 is 2.25 bits per heavy atom. The molecule has 1 saturated heterocycles. The van der Waals surface area contributed by atoms with Crippen LogP contribution in [0.5, 0.6) is 0 Å². The second kappa shape index (κ2) is 7.30. The van der Waals surface area contributed by atoms with Crippen LogP contribution in [0.2, 0.25) is 0 Å². The molecule has 1 amide bonds. The second-order valence-electron chi connectivity index (χ2n) is 4.35. The average molecular weight is 312 g/mol. The molecule has 1 aliphatic rings. The van der Waals surface area contributed by atoms with Gasteiger partial charge in [-0.15, -0.1) is 12.4 Å². The third kappa shape index (κ3) is 4.44. The van der Waals surface area contributed by atoms with Crippen molar-refractivity contribution in [3.05, 3.63) is 11.1 Å². The fourth-order valence-electron chi connectivity index (χ4n) is 2.04. The van der Waals surface area contributed by atoms with E-state index in [1.165, 1.54) is 0 Å². The van der Waals surface area contributed by atoms with Crippen molar-refractivity contribution in [1.29, 1.82) is 0 Å². The van der Waals surface area contributed by atoms with Crippen LogP contribution in [0.1, 0.15) is 20.3 Å². The molecule has 0 radical (unpaired) electrons. The smallest absolute Gasteiger partial charge is 0.225 e. The molecule has 0 aromatic rings. The summed E-state index contributed by atoms with van der Waals surface area (Å²) in [7, 11) is 0. The Bertz CT molecular complexity index is 258. The number of hydrogen-bond donors (Lipinski definition) is 2. The highest BCUT2D eigenvalue weighted by atomic mass is 79.9. The summed E-state index contributed by atoms with van der Waals surface area (Å²) in [4.78, 5) is 11.9. The lowest BCUT2D eigenvalue weighted by atomic mass is 9.91. The van der Waals surface area contributed by atoms with Crippen molar-refractivity contribution in [2.75, 3.05) is 13.1 Å². The summed E-state index contributed by atoms with van der Waals surface area (Å²) in [6.45, 7) is 9.44. The van der Waals surface area contributed by atoms with Crippen LogP contribution in [0, 0.1) is 11.8 Å². The fourth-order valence-corrected chi connectivity index (χ4v) is 2.18. The SMILES string of the molecule is C=C(Br)CNC(=O)C1CCNC1C(C)C.Cl. The molecule has 2 atom stereocenters. The zero-order chi connectivity index (χ0) is 11.4. The van der Waals surface area contributed by atoms with Crippen molar-refractivity contribution in [3.63, 3.8) is 0 Å². The molecule has 1 rings (SSSR count). The van der Waals surface area contributed by atoms with Gasteiger partial charge in [0, 0.05) is 17.1 Å². The summed E-state index contributed by atoms with van der Waals surface area (Å²) in [6.07, 6.45) is 0.934. The standard InChI is InChI=1S/C11H19BrN2O.ClH/c1-7(2)10-9(4-5-13-10)11(15)14-6-8(3)12;/h7,9-10,13H,3-6H2,1-2H3,(H,14,15);1H. The van der Waals surface area contributed by atoms with Gasteiger partial charge in [0.1, 0.15) is 0 Å². The van der Waals surface area contributed by atoms with Crippen LogP contribution in [0.3, 0.4) is 0 Å². The van der Waals surface area contributed by atoms with Gasteiger partial charge in [-0.2, -0.15) is 0 Å². The first-order chi connectivity index (χ1) is 7.02. The number of nitrogens with one attached hydrogen (secondary N) is 2. The van der Waals surface area contributed by atoms with Crippen LogP contribution in [-0.2, 0) is 4.79 Å². The molecule has 1 fully saturated rings. The maximum absolute atomic E-state index is 11.9. The topological polar surface area (TPSA) is 41.1 Å². The van der Waals surface area contributed by atoms with Gasteiger partial charge in [-0.05, 0) is 18.9 Å². The van der Waals surface area contributed by atoms with Crippen molar-refractivity contribution in [1.82, 2.24) is 10.6 Å². The molecule has 3 nitrogen and oxygen atoms in total. The Hall–Kier alpha value is -0.0600. The molecule has 0 saturated carbocycles. The zero-order valence-electron chi connectivity index (χ0n) is 9.75. The number of halogens is 2. The predicted molar refractivity (Wildman–Crippen MR) is 73.1 cm³/mol. The summed E-state index contributed by atoms with van der Waals surface area (Å²) in [6, 6.07) is 0.314. The maximum Gasteiger partial charge on any atom is 0.225 e. The summed E-state index contributed by atoms with van der Waals surface area (Å²) in [5.74, 6) is 0.742. The Kier molecular flexibility index (Phi) is 7.27. The van der Waals surface area contributed by atoms with Gasteiger partial charge in [-0.3, -0.25) is 4.79 Å². The molecule has 0 bridgehead atoms. The lowest BCUT2D eigenvalue weighted by molar-refractivity contribution is -0.125. The summed E-state index contributed by atoms with van der Waals surface area (Å²) >= 11 is 3.23. The monoisotopic (exact) mass is 310 g/mol. The highest BCUT2D eigenvalue weighted by molar-refractivity contribution is 9.11. The molecule has 0 aliphatic carbocycles. The molecule has 94 valence electrons. The highest BCUT2D eigenvalue weighted by Gasteiger charge is 2.34. The molecule has 1 aliphatic heterocycles. The summed E-state index contributed by atoms with van der Waals surface area (Å²) in [5.41, 5.74) is 0. The van der Waals surface area contributed by atoms with E-state index in [0.717, 1.165) is 17.4 Å². The van der Waals surface area contributed by atoms with E-state index in [0.29, 0.717) is 18.5 Å². The highest BCUT2D eigenvalue weighted by Crippen LogP contribution is 2.21. The number of hydrogen-bond acceptors (Lipinski definition) is 2. The summed E-state index contributed by atoms with van der Waals surface area (Å²) < 4.78 is 0.808. The molecule has 16 heavy (non-hydrogen) atoms. The van der Waals surface area contributed by atoms with Gasteiger partial charge in [0.15, 0.2) is 0 Å². The zero-order valence-corrected chi connectivity index (χ0v) is 12.2. The molecule has 0 aromatic carbocycles. The number of amides is 1. The molecule has 2 unspecified atom stereocenters. The normalized spacial score (nSPS) is 24.0. The second-order valence-corrected chi connectivity index (χ2v) is 5.48. The van der Waals surface area contributed by atoms with Crippen LogP contribution in [-0.4, -0.2) is 25.0 Å². The van der Waals surface area contributed by atoms with Gasteiger partial charge >= 0.3 is 0 Å². The van der Waals surface area contributed by atoms with Crippen LogP contribution in [0.15, 0.2) is 11.1 Å². The third-order valence-electron chi connectivity index (χ3n) is 2.78. The van der Waals surface area contributed by atoms with E-state index in [1.54, 1.807) is 0 Å². The first-order valence-electron chi connectivity index (χ1n) is 5.36. The lowest BCUT2D eigenvalue weighted by Crippen LogP contribution is -2.41. The van der Waals surface area contributed by atoms with Crippen LogP contribution < -0.4 is 10.6 Å². The van der Waals surface area contributed by atoms with Crippen LogP contribution in [0.4, 0.5) is 0 Å². The quantitative estimate of drug-likeness (QED) is 0.834. The minimum atomic E-state index is 0. The molecule has 2 N–H and O–H groups in total. The Morgan fingerprint density at radius 3 is 2.75 bits per heavy atom. The van der Waals surface area contributed by atoms with Crippen molar-refractivity contribution < 1.29 is 4.79 Å². The largest absolute Gasteiger partial charge is 0.351 e. The van der Waals surface area contributed by atoms with E-state index in [9.17, 15) is 4.79 Å². The lowest BCUT2D eigenvalue weighted by Gasteiger charge is -2.22. The van der Waals surface area contributed by atoms with Crippen molar-refractivity contribution >= 4 is 34.2 Å². The van der Waals surface area contributed by atoms with Crippen molar-refractivity contribution in [2.45, 2.75) is 26.3 Å². The Morgan fingerprint density at radius 1 is 1.62 bits per heavy atom. The van der Waals surface area contributed by atoms with Gasteiger partial charge in [0.05, 0.1) is 5.92 Å². The van der Waals surface area contributed by atoms with E-state index < -0.39 is 0 Å². The van der Waals surface area contributed by atoms with Crippen LogP contribution >= 0.6 is 28.3 Å². The third-order valence-corrected chi connectivity index (χ3v) is 3.06. The number of carbonyl (C=O) groups is 1. The first kappa shape index (κ1) is 15.9. The van der Waals surface area contributed by atoms with E-state index in [1.807, 2.05) is 0 Å². The molecular formula is C11H20BrClN2O. The molecular weight excluding hydrogens is 291 g/mol.